The quantitative estimate of drug-likeness (QED) is 0.591. The maximum absolute atomic E-state index is 10.9. The zero-order valence-electron chi connectivity index (χ0n) is 13.8. The second-order valence-electron chi connectivity index (χ2n) is 4.37. The van der Waals surface area contributed by atoms with Gasteiger partial charge >= 0.3 is 5.97 Å². The first-order valence-corrected chi connectivity index (χ1v) is 7.29. The van der Waals surface area contributed by atoms with Crippen LogP contribution in [-0.4, -0.2) is 49.7 Å². The highest BCUT2D eigenvalue weighted by atomic mass is 16.5. The molecule has 1 saturated heterocycles. The van der Waals surface area contributed by atoms with Crippen molar-refractivity contribution < 1.29 is 19.1 Å². The molecule has 5 heteroatoms. The van der Waals surface area contributed by atoms with Crippen molar-refractivity contribution in [1.82, 2.24) is 4.90 Å². The third-order valence-corrected chi connectivity index (χ3v) is 2.22. The van der Waals surface area contributed by atoms with Crippen LogP contribution in [0.3, 0.4) is 0 Å². The smallest absolute Gasteiger partial charge is 0.330 e. The van der Waals surface area contributed by atoms with E-state index in [9.17, 15) is 9.59 Å². The van der Waals surface area contributed by atoms with Gasteiger partial charge in [-0.3, -0.25) is 4.79 Å². The number of rotatable bonds is 4. The van der Waals surface area contributed by atoms with Gasteiger partial charge in [0.25, 0.3) is 0 Å². The van der Waals surface area contributed by atoms with Crippen molar-refractivity contribution >= 4 is 11.9 Å². The standard InChI is InChI=1S/C7H11NO2.C7H12O2.C2H6/c1-2-7(9)8-3-5-10-6-4-8;1-4-7(8)9-5-6(2)3;1-2/h2H,1,3-6H2;4,6H,1,5H2,2-3H3;1-2H3. The molecular formula is C16H29NO4. The van der Waals surface area contributed by atoms with Gasteiger partial charge in [0, 0.05) is 19.2 Å². The van der Waals surface area contributed by atoms with Crippen LogP contribution in [0, 0.1) is 5.92 Å². The summed E-state index contributed by atoms with van der Waals surface area (Å²) >= 11 is 0. The summed E-state index contributed by atoms with van der Waals surface area (Å²) in [6, 6.07) is 0. The van der Waals surface area contributed by atoms with E-state index in [0.717, 1.165) is 0 Å². The van der Waals surface area contributed by atoms with E-state index >= 15 is 0 Å². The Morgan fingerprint density at radius 3 is 2.10 bits per heavy atom. The molecule has 0 bridgehead atoms. The number of carbonyl (C=O) groups is 2. The fraction of sp³-hybridized carbons (Fsp3) is 0.625. The van der Waals surface area contributed by atoms with Gasteiger partial charge in [0.05, 0.1) is 19.8 Å². The summed E-state index contributed by atoms with van der Waals surface area (Å²) in [5.74, 6) is 0.0564. The summed E-state index contributed by atoms with van der Waals surface area (Å²) in [6.45, 7) is 17.8. The van der Waals surface area contributed by atoms with Crippen LogP contribution >= 0.6 is 0 Å². The van der Waals surface area contributed by atoms with E-state index < -0.39 is 0 Å². The van der Waals surface area contributed by atoms with Crippen molar-refractivity contribution in [2.24, 2.45) is 5.92 Å². The topological polar surface area (TPSA) is 55.8 Å². The van der Waals surface area contributed by atoms with Crippen molar-refractivity contribution in [2.75, 3.05) is 32.9 Å². The average Bonchev–Trinajstić information content (AvgIpc) is 2.55. The molecule has 0 unspecified atom stereocenters. The zero-order valence-corrected chi connectivity index (χ0v) is 13.8. The Kier molecular flexibility index (Phi) is 15.3. The van der Waals surface area contributed by atoms with Crippen LogP contribution in [0.25, 0.3) is 0 Å². The van der Waals surface area contributed by atoms with Crippen LogP contribution in [0.1, 0.15) is 27.7 Å². The second-order valence-corrected chi connectivity index (χ2v) is 4.37. The van der Waals surface area contributed by atoms with Gasteiger partial charge in [-0.05, 0) is 12.0 Å². The maximum atomic E-state index is 10.9. The SMILES string of the molecule is C=CC(=O)N1CCOCC1.C=CC(=O)OCC(C)C.CC. The third kappa shape index (κ3) is 13.1. The Morgan fingerprint density at radius 1 is 1.19 bits per heavy atom. The Bertz CT molecular complexity index is 307. The molecule has 1 aliphatic rings. The molecule has 1 heterocycles. The molecule has 0 aromatic heterocycles. The molecule has 0 aromatic rings. The molecule has 1 fully saturated rings. The molecule has 0 spiro atoms. The molecule has 1 rings (SSSR count). The largest absolute Gasteiger partial charge is 0.462 e. The Hall–Kier alpha value is -1.62. The minimum absolute atomic E-state index is 0.00306. The lowest BCUT2D eigenvalue weighted by Gasteiger charge is -2.25. The fourth-order valence-corrected chi connectivity index (χ4v) is 1.22. The van der Waals surface area contributed by atoms with E-state index in [-0.39, 0.29) is 11.9 Å². The van der Waals surface area contributed by atoms with Crippen LogP contribution in [0.4, 0.5) is 0 Å². The minimum Gasteiger partial charge on any atom is -0.462 e. The van der Waals surface area contributed by atoms with Gasteiger partial charge in [0.2, 0.25) is 5.91 Å². The molecule has 0 radical (unpaired) electrons. The van der Waals surface area contributed by atoms with E-state index in [1.54, 1.807) is 4.90 Å². The van der Waals surface area contributed by atoms with Crippen molar-refractivity contribution in [3.63, 3.8) is 0 Å². The van der Waals surface area contributed by atoms with E-state index in [0.29, 0.717) is 38.8 Å². The van der Waals surface area contributed by atoms with Gasteiger partial charge in [-0.2, -0.15) is 0 Å². The van der Waals surface area contributed by atoms with Crippen LogP contribution in [0.2, 0.25) is 0 Å². The van der Waals surface area contributed by atoms with Gasteiger partial charge in [0.15, 0.2) is 0 Å². The van der Waals surface area contributed by atoms with E-state index in [1.807, 2.05) is 27.7 Å². The lowest BCUT2D eigenvalue weighted by molar-refractivity contribution is -0.138. The molecule has 0 atom stereocenters. The van der Waals surface area contributed by atoms with Gasteiger partial charge in [0.1, 0.15) is 0 Å². The van der Waals surface area contributed by atoms with Gasteiger partial charge in [-0.25, -0.2) is 4.79 Å². The second kappa shape index (κ2) is 14.8. The maximum Gasteiger partial charge on any atom is 0.330 e. The zero-order chi connectivity index (χ0) is 16.7. The Morgan fingerprint density at radius 2 is 1.71 bits per heavy atom. The first kappa shape index (κ1) is 21.7. The van der Waals surface area contributed by atoms with Crippen molar-refractivity contribution in [1.29, 1.82) is 0 Å². The van der Waals surface area contributed by atoms with Crippen molar-refractivity contribution in [3.8, 4) is 0 Å². The van der Waals surface area contributed by atoms with E-state index in [4.69, 9.17) is 9.47 Å². The van der Waals surface area contributed by atoms with Crippen molar-refractivity contribution in [2.45, 2.75) is 27.7 Å². The number of amides is 1. The monoisotopic (exact) mass is 299 g/mol. The normalized spacial score (nSPS) is 13.1. The predicted molar refractivity (Wildman–Crippen MR) is 84.9 cm³/mol. The summed E-state index contributed by atoms with van der Waals surface area (Å²) in [4.78, 5) is 23.0. The highest BCUT2D eigenvalue weighted by Crippen LogP contribution is 1.96. The number of hydrogen-bond acceptors (Lipinski definition) is 4. The van der Waals surface area contributed by atoms with Crippen LogP contribution in [0.5, 0.6) is 0 Å². The summed E-state index contributed by atoms with van der Waals surface area (Å²) < 4.78 is 9.76. The van der Waals surface area contributed by atoms with E-state index in [2.05, 4.69) is 13.2 Å². The molecule has 122 valence electrons. The molecule has 0 aliphatic carbocycles. The molecule has 0 aromatic carbocycles. The summed E-state index contributed by atoms with van der Waals surface area (Å²) in [5, 5.41) is 0. The van der Waals surface area contributed by atoms with Crippen LogP contribution < -0.4 is 0 Å². The number of hydrogen-bond donors (Lipinski definition) is 0. The molecule has 1 amide bonds. The first-order valence-electron chi connectivity index (χ1n) is 7.29. The lowest BCUT2D eigenvalue weighted by atomic mass is 10.2. The lowest BCUT2D eigenvalue weighted by Crippen LogP contribution is -2.39. The number of esters is 1. The van der Waals surface area contributed by atoms with Gasteiger partial charge in [-0.1, -0.05) is 40.9 Å². The van der Waals surface area contributed by atoms with Crippen LogP contribution in [-0.2, 0) is 19.1 Å². The summed E-state index contributed by atoms with van der Waals surface area (Å²) in [6.07, 6.45) is 2.51. The highest BCUT2D eigenvalue weighted by Gasteiger charge is 2.12. The van der Waals surface area contributed by atoms with Crippen LogP contribution in [0.15, 0.2) is 25.3 Å². The molecule has 0 N–H and O–H groups in total. The van der Waals surface area contributed by atoms with Gasteiger partial charge < -0.3 is 14.4 Å². The number of ether oxygens (including phenoxy) is 2. The molecule has 1 aliphatic heterocycles. The summed E-state index contributed by atoms with van der Waals surface area (Å²) in [5.41, 5.74) is 0. The predicted octanol–water partition coefficient (Wildman–Crippen LogP) is 2.43. The molecule has 21 heavy (non-hydrogen) atoms. The average molecular weight is 299 g/mol. The van der Waals surface area contributed by atoms with Crippen molar-refractivity contribution in [3.05, 3.63) is 25.3 Å². The Balaban J connectivity index is 0. The number of nitrogens with zero attached hydrogens (tertiary/aromatic N) is 1. The Labute approximate surface area is 128 Å². The van der Waals surface area contributed by atoms with Gasteiger partial charge in [-0.15, -0.1) is 0 Å². The molecule has 0 saturated carbocycles. The number of morpholine rings is 1. The molecule has 5 nitrogen and oxygen atoms in total. The summed E-state index contributed by atoms with van der Waals surface area (Å²) in [7, 11) is 0. The minimum atomic E-state index is -0.344. The highest BCUT2D eigenvalue weighted by molar-refractivity contribution is 5.87. The molecular weight excluding hydrogens is 270 g/mol. The number of carbonyl (C=O) groups excluding carboxylic acids is 2. The first-order chi connectivity index (χ1) is 10.0. The fourth-order valence-electron chi connectivity index (χ4n) is 1.22. The van der Waals surface area contributed by atoms with E-state index in [1.165, 1.54) is 12.2 Å². The third-order valence-electron chi connectivity index (χ3n) is 2.22.